The maximum absolute atomic E-state index is 13.3. The van der Waals surface area contributed by atoms with Crippen LogP contribution in [0.25, 0.3) is 0 Å². The standard InChI is InChI=1S/C23H27ClO6/c1-6-11(2)7-8-14-9-15-16(10-28-14)17-18-21(26)29-13(4)12(3)23(18,27)30-22(17,5)20(25)19(15)24/h7-13,17-18,27H,6H2,1-5H3/b8-7+/t11-,12-,13-,17-,18+,22+,23-/m1/s1. The average molecular weight is 435 g/mol. The number of hydrogen-bond donors (Lipinski definition) is 1. The number of carbonyl (C=O) groups is 2. The quantitative estimate of drug-likeness (QED) is 0.681. The number of allylic oxidation sites excluding steroid dienone is 4. The molecule has 0 amide bonds. The molecule has 30 heavy (non-hydrogen) atoms. The normalized spacial score (nSPS) is 41.4. The van der Waals surface area contributed by atoms with Crippen LogP contribution in [0.1, 0.15) is 41.0 Å². The third-order valence-electron chi connectivity index (χ3n) is 7.03. The second kappa shape index (κ2) is 7.08. The molecule has 162 valence electrons. The predicted molar refractivity (Wildman–Crippen MR) is 110 cm³/mol. The Kier molecular flexibility index (Phi) is 5.03. The first-order valence-electron chi connectivity index (χ1n) is 10.4. The van der Waals surface area contributed by atoms with Crippen molar-refractivity contribution < 1.29 is 28.9 Å². The molecule has 0 bridgehead atoms. The highest BCUT2D eigenvalue weighted by molar-refractivity contribution is 6.45. The van der Waals surface area contributed by atoms with E-state index in [1.165, 1.54) is 6.26 Å². The van der Waals surface area contributed by atoms with Gasteiger partial charge in [-0.05, 0) is 31.9 Å². The first-order valence-corrected chi connectivity index (χ1v) is 10.8. The van der Waals surface area contributed by atoms with Crippen molar-refractivity contribution in [3.05, 3.63) is 46.4 Å². The van der Waals surface area contributed by atoms with Crippen LogP contribution in [0.4, 0.5) is 0 Å². The number of esters is 1. The highest BCUT2D eigenvalue weighted by atomic mass is 35.5. The van der Waals surface area contributed by atoms with Gasteiger partial charge >= 0.3 is 5.97 Å². The van der Waals surface area contributed by atoms with Crippen LogP contribution < -0.4 is 0 Å². The molecule has 1 N–H and O–H groups in total. The summed E-state index contributed by atoms with van der Waals surface area (Å²) in [5.74, 6) is -4.31. The van der Waals surface area contributed by atoms with Crippen molar-refractivity contribution in [1.29, 1.82) is 0 Å². The molecule has 1 aliphatic carbocycles. The summed E-state index contributed by atoms with van der Waals surface area (Å²) in [5, 5.41) is 11.4. The molecular weight excluding hydrogens is 408 g/mol. The number of fused-ring (bicyclic) bond motifs is 5. The van der Waals surface area contributed by atoms with Gasteiger partial charge in [-0.15, -0.1) is 0 Å². The Morgan fingerprint density at radius 1 is 1.30 bits per heavy atom. The number of hydrogen-bond acceptors (Lipinski definition) is 6. The van der Waals surface area contributed by atoms with Crippen LogP contribution in [-0.4, -0.2) is 34.4 Å². The second-order valence-electron chi connectivity index (χ2n) is 8.89. The Balaban J connectivity index is 1.79. The van der Waals surface area contributed by atoms with Gasteiger partial charge in [-0.25, -0.2) is 0 Å². The van der Waals surface area contributed by atoms with Crippen molar-refractivity contribution in [2.24, 2.45) is 23.7 Å². The molecule has 3 aliphatic heterocycles. The molecule has 2 saturated heterocycles. The molecule has 4 rings (SSSR count). The van der Waals surface area contributed by atoms with E-state index in [2.05, 4.69) is 13.8 Å². The van der Waals surface area contributed by atoms with E-state index in [0.29, 0.717) is 22.8 Å². The first kappa shape index (κ1) is 21.3. The molecule has 7 heteroatoms. The zero-order valence-corrected chi connectivity index (χ0v) is 18.5. The number of ketones is 1. The Hall–Kier alpha value is -1.89. The number of halogens is 1. The van der Waals surface area contributed by atoms with Gasteiger partial charge in [0.1, 0.15) is 23.4 Å². The van der Waals surface area contributed by atoms with Crippen molar-refractivity contribution in [1.82, 2.24) is 0 Å². The van der Waals surface area contributed by atoms with E-state index >= 15 is 0 Å². The summed E-state index contributed by atoms with van der Waals surface area (Å²) in [5.41, 5.74) is -0.446. The van der Waals surface area contributed by atoms with E-state index in [1.54, 1.807) is 26.8 Å². The topological polar surface area (TPSA) is 82.1 Å². The third kappa shape index (κ3) is 2.84. The molecule has 0 spiro atoms. The van der Waals surface area contributed by atoms with E-state index in [1.807, 2.05) is 12.2 Å². The number of cyclic esters (lactones) is 1. The van der Waals surface area contributed by atoms with E-state index in [4.69, 9.17) is 25.8 Å². The molecule has 0 aromatic rings. The van der Waals surface area contributed by atoms with Gasteiger partial charge in [-0.2, -0.15) is 0 Å². The summed E-state index contributed by atoms with van der Waals surface area (Å²) in [6.45, 7) is 9.20. The molecule has 6 nitrogen and oxygen atoms in total. The lowest BCUT2D eigenvalue weighted by atomic mass is 9.65. The van der Waals surface area contributed by atoms with Gasteiger partial charge < -0.3 is 19.3 Å². The van der Waals surface area contributed by atoms with Crippen LogP contribution >= 0.6 is 11.6 Å². The second-order valence-corrected chi connectivity index (χ2v) is 9.26. The minimum Gasteiger partial charge on any atom is -0.465 e. The summed E-state index contributed by atoms with van der Waals surface area (Å²) in [6, 6.07) is 0. The van der Waals surface area contributed by atoms with Gasteiger partial charge in [-0.1, -0.05) is 44.9 Å². The van der Waals surface area contributed by atoms with Crippen LogP contribution in [0.3, 0.4) is 0 Å². The third-order valence-corrected chi connectivity index (χ3v) is 7.41. The van der Waals surface area contributed by atoms with Crippen molar-refractivity contribution in [2.45, 2.75) is 58.5 Å². The molecule has 0 aromatic carbocycles. The van der Waals surface area contributed by atoms with Crippen LogP contribution in [-0.2, 0) is 23.8 Å². The maximum atomic E-state index is 13.3. The number of ether oxygens (including phenoxy) is 3. The summed E-state index contributed by atoms with van der Waals surface area (Å²) in [4.78, 5) is 26.1. The van der Waals surface area contributed by atoms with Crippen molar-refractivity contribution in [3.8, 4) is 0 Å². The molecule has 7 atom stereocenters. The summed E-state index contributed by atoms with van der Waals surface area (Å²) < 4.78 is 17.3. The van der Waals surface area contributed by atoms with Crippen molar-refractivity contribution in [2.75, 3.05) is 0 Å². The highest BCUT2D eigenvalue weighted by Gasteiger charge is 2.72. The van der Waals surface area contributed by atoms with E-state index in [9.17, 15) is 14.7 Å². The molecule has 0 unspecified atom stereocenters. The first-order chi connectivity index (χ1) is 14.0. The lowest BCUT2D eigenvalue weighted by molar-refractivity contribution is -0.286. The van der Waals surface area contributed by atoms with E-state index in [0.717, 1.165) is 6.42 Å². The van der Waals surface area contributed by atoms with Crippen LogP contribution in [0.2, 0.25) is 0 Å². The predicted octanol–water partition coefficient (Wildman–Crippen LogP) is 3.75. The zero-order valence-electron chi connectivity index (χ0n) is 17.8. The van der Waals surface area contributed by atoms with Crippen molar-refractivity contribution >= 4 is 23.4 Å². The summed E-state index contributed by atoms with van der Waals surface area (Å²) >= 11 is 6.48. The Morgan fingerprint density at radius 3 is 2.67 bits per heavy atom. The number of Topliss-reactive ketones (excluding diaryl/α,β-unsaturated/α-hetero) is 1. The number of rotatable bonds is 3. The van der Waals surface area contributed by atoms with Crippen LogP contribution in [0.5, 0.6) is 0 Å². The molecule has 3 heterocycles. The minimum atomic E-state index is -1.84. The molecule has 2 fully saturated rings. The fourth-order valence-electron chi connectivity index (χ4n) is 4.77. The maximum Gasteiger partial charge on any atom is 0.315 e. The Morgan fingerprint density at radius 2 is 2.00 bits per heavy atom. The Bertz CT molecular complexity index is 930. The minimum absolute atomic E-state index is 0.00839. The van der Waals surface area contributed by atoms with Gasteiger partial charge in [0.25, 0.3) is 0 Å². The van der Waals surface area contributed by atoms with Crippen LogP contribution in [0.15, 0.2) is 46.4 Å². The summed E-state index contributed by atoms with van der Waals surface area (Å²) in [7, 11) is 0. The number of carbonyl (C=O) groups excluding carboxylic acids is 2. The number of aliphatic hydroxyl groups is 1. The molecular formula is C23H27ClO6. The van der Waals surface area contributed by atoms with E-state index in [-0.39, 0.29) is 5.03 Å². The van der Waals surface area contributed by atoms with Gasteiger partial charge in [0.15, 0.2) is 5.79 Å². The fraction of sp³-hybridized carbons (Fsp3) is 0.565. The molecule has 0 radical (unpaired) electrons. The van der Waals surface area contributed by atoms with Gasteiger partial charge in [-0.3, -0.25) is 9.59 Å². The van der Waals surface area contributed by atoms with Gasteiger partial charge in [0.2, 0.25) is 5.78 Å². The van der Waals surface area contributed by atoms with Gasteiger partial charge in [0.05, 0.1) is 11.3 Å². The zero-order chi connectivity index (χ0) is 22.0. The largest absolute Gasteiger partial charge is 0.465 e. The Labute approximate surface area is 181 Å². The SMILES string of the molecule is CC[C@@H](C)/C=C/C1=CC2=C(Cl)C(=O)[C@@]3(C)O[C@]4(O)[C@H](C)[C@@H](C)OC(=O)[C@@H]4[C@H]3C2=CO1. The van der Waals surface area contributed by atoms with E-state index < -0.39 is 47.0 Å². The fourth-order valence-corrected chi connectivity index (χ4v) is 5.12. The lowest BCUT2D eigenvalue weighted by Crippen LogP contribution is -2.56. The smallest absolute Gasteiger partial charge is 0.315 e. The van der Waals surface area contributed by atoms with Crippen LogP contribution in [0, 0.1) is 23.7 Å². The molecule has 0 aromatic heterocycles. The summed E-state index contributed by atoms with van der Waals surface area (Å²) in [6.07, 6.45) is 7.52. The highest BCUT2D eigenvalue weighted by Crippen LogP contribution is 2.60. The lowest BCUT2D eigenvalue weighted by Gasteiger charge is -2.42. The van der Waals surface area contributed by atoms with Crippen molar-refractivity contribution in [3.63, 3.8) is 0 Å². The molecule has 0 saturated carbocycles. The average Bonchev–Trinajstić information content (AvgIpc) is 2.98. The van der Waals surface area contributed by atoms with Gasteiger partial charge in [0, 0.05) is 23.0 Å². The molecule has 4 aliphatic rings. The monoisotopic (exact) mass is 434 g/mol.